The predicted molar refractivity (Wildman–Crippen MR) is 50.7 cm³/mol. The molecule has 0 unspecified atom stereocenters. The molecule has 0 aliphatic rings. The summed E-state index contributed by atoms with van der Waals surface area (Å²) < 4.78 is 2.84. The van der Waals surface area contributed by atoms with E-state index in [0.29, 0.717) is 5.28 Å². The molecule has 2 rings (SSSR count). The van der Waals surface area contributed by atoms with E-state index < -0.39 is 0 Å². The topological polar surface area (TPSA) is 30.2 Å². The third-order valence-corrected chi connectivity index (χ3v) is 2.19. The number of aromatic nitrogens is 3. The highest BCUT2D eigenvalue weighted by Crippen LogP contribution is 2.13. The first-order valence-electron chi connectivity index (χ1n) is 2.91. The first kappa shape index (κ1) is 7.30. The first-order valence-corrected chi connectivity index (χ1v) is 4.37. The third kappa shape index (κ3) is 1.20. The van der Waals surface area contributed by atoms with E-state index in [2.05, 4.69) is 32.6 Å². The molecule has 3 nitrogen and oxygen atoms in total. The van der Waals surface area contributed by atoms with Crippen molar-refractivity contribution in [1.82, 2.24) is 14.4 Å². The Kier molecular flexibility index (Phi) is 1.72. The van der Waals surface area contributed by atoms with E-state index in [4.69, 9.17) is 11.6 Å². The zero-order valence-corrected chi connectivity index (χ0v) is 8.24. The van der Waals surface area contributed by atoms with Crippen LogP contribution in [-0.2, 0) is 0 Å². The Bertz CT molecular complexity index is 398. The van der Waals surface area contributed by atoms with Gasteiger partial charge in [-0.1, -0.05) is 0 Å². The van der Waals surface area contributed by atoms with Crippen LogP contribution in [0.25, 0.3) is 5.65 Å². The molecule has 11 heavy (non-hydrogen) atoms. The lowest BCUT2D eigenvalue weighted by atomic mass is 10.6. The van der Waals surface area contributed by atoms with Crippen molar-refractivity contribution in [2.75, 3.05) is 0 Å². The van der Waals surface area contributed by atoms with Crippen molar-refractivity contribution in [1.29, 1.82) is 0 Å². The minimum atomic E-state index is 0.443. The molecule has 0 bridgehead atoms. The van der Waals surface area contributed by atoms with Crippen molar-refractivity contribution in [3.8, 4) is 0 Å². The fourth-order valence-corrected chi connectivity index (χ4v) is 1.60. The molecule has 0 radical (unpaired) electrons. The number of hydrogen-bond acceptors (Lipinski definition) is 2. The van der Waals surface area contributed by atoms with Crippen molar-refractivity contribution in [3.63, 3.8) is 0 Å². The van der Waals surface area contributed by atoms with Crippen LogP contribution >= 0.6 is 34.2 Å². The molecule has 0 amide bonds. The van der Waals surface area contributed by atoms with E-state index >= 15 is 0 Å². The molecular weight excluding hydrogens is 276 g/mol. The van der Waals surface area contributed by atoms with Gasteiger partial charge in [-0.25, -0.2) is 9.97 Å². The molecule has 0 aliphatic carbocycles. The molecule has 5 heteroatoms. The lowest BCUT2D eigenvalue weighted by Gasteiger charge is -1.92. The quantitative estimate of drug-likeness (QED) is 0.690. The van der Waals surface area contributed by atoms with Gasteiger partial charge in [0, 0.05) is 9.77 Å². The lowest BCUT2D eigenvalue weighted by Crippen LogP contribution is -1.89. The largest absolute Gasteiger partial charge is 0.275 e. The van der Waals surface area contributed by atoms with E-state index in [1.54, 1.807) is 4.40 Å². The second kappa shape index (κ2) is 2.60. The monoisotopic (exact) mass is 279 g/mol. The fraction of sp³-hybridized carbons (Fsp3) is 0. The minimum Gasteiger partial charge on any atom is -0.275 e. The van der Waals surface area contributed by atoms with Crippen LogP contribution in [-0.4, -0.2) is 14.4 Å². The number of rotatable bonds is 0. The molecule has 0 N–H and O–H groups in total. The van der Waals surface area contributed by atoms with Crippen LogP contribution in [0.15, 0.2) is 18.6 Å². The van der Waals surface area contributed by atoms with Gasteiger partial charge in [0.05, 0.1) is 0 Å². The van der Waals surface area contributed by atoms with Gasteiger partial charge in [0.2, 0.25) is 5.28 Å². The molecule has 0 saturated carbocycles. The lowest BCUT2D eigenvalue weighted by molar-refractivity contribution is 1.02. The van der Waals surface area contributed by atoms with Crippen LogP contribution < -0.4 is 0 Å². The standard InChI is InChI=1S/C6H3ClIN3/c7-6-10-3-9-5-1-4(8)2-11(5)6/h1-3H. The van der Waals surface area contributed by atoms with Gasteiger partial charge in [0.15, 0.2) is 0 Å². The van der Waals surface area contributed by atoms with Gasteiger partial charge in [-0.05, 0) is 40.3 Å². The van der Waals surface area contributed by atoms with Gasteiger partial charge in [-0.15, -0.1) is 0 Å². The van der Waals surface area contributed by atoms with Gasteiger partial charge in [-0.2, -0.15) is 0 Å². The summed E-state index contributed by atoms with van der Waals surface area (Å²) >= 11 is 7.98. The summed E-state index contributed by atoms with van der Waals surface area (Å²) in [5.74, 6) is 0. The Labute approximate surface area is 81.6 Å². The Morgan fingerprint density at radius 2 is 2.27 bits per heavy atom. The molecule has 2 heterocycles. The van der Waals surface area contributed by atoms with E-state index in [0.717, 1.165) is 9.22 Å². The number of hydrogen-bond donors (Lipinski definition) is 0. The summed E-state index contributed by atoms with van der Waals surface area (Å²) in [7, 11) is 0. The van der Waals surface area contributed by atoms with Crippen molar-refractivity contribution in [3.05, 3.63) is 27.4 Å². The highest BCUT2D eigenvalue weighted by atomic mass is 127. The van der Waals surface area contributed by atoms with Crippen molar-refractivity contribution < 1.29 is 0 Å². The van der Waals surface area contributed by atoms with Crippen LogP contribution in [0.5, 0.6) is 0 Å². The molecule has 0 atom stereocenters. The maximum absolute atomic E-state index is 5.78. The number of fused-ring (bicyclic) bond motifs is 1. The zero-order valence-electron chi connectivity index (χ0n) is 5.33. The molecule has 0 spiro atoms. The van der Waals surface area contributed by atoms with Gasteiger partial charge in [0.1, 0.15) is 12.0 Å². The molecule has 0 aromatic carbocycles. The van der Waals surface area contributed by atoms with Gasteiger partial charge in [-0.3, -0.25) is 4.40 Å². The summed E-state index contributed by atoms with van der Waals surface area (Å²) in [6, 6.07) is 1.94. The van der Waals surface area contributed by atoms with Crippen LogP contribution in [0.1, 0.15) is 0 Å². The van der Waals surface area contributed by atoms with Crippen molar-refractivity contribution in [2.24, 2.45) is 0 Å². The molecule has 0 aliphatic heterocycles. The van der Waals surface area contributed by atoms with Gasteiger partial charge >= 0.3 is 0 Å². The maximum atomic E-state index is 5.78. The Balaban J connectivity index is 2.90. The average Bonchev–Trinajstić information content (AvgIpc) is 2.31. The van der Waals surface area contributed by atoms with E-state index in [9.17, 15) is 0 Å². The summed E-state index contributed by atoms with van der Waals surface area (Å²) in [6.07, 6.45) is 3.34. The van der Waals surface area contributed by atoms with Gasteiger partial charge in [0.25, 0.3) is 0 Å². The Morgan fingerprint density at radius 3 is 3.00 bits per heavy atom. The molecule has 2 aromatic rings. The van der Waals surface area contributed by atoms with Crippen molar-refractivity contribution in [2.45, 2.75) is 0 Å². The average molecular weight is 279 g/mol. The Hall–Kier alpha value is -0.360. The smallest absolute Gasteiger partial charge is 0.209 e. The number of halogens is 2. The molecule has 2 aromatic heterocycles. The summed E-state index contributed by atoms with van der Waals surface area (Å²) in [4.78, 5) is 7.86. The summed E-state index contributed by atoms with van der Waals surface area (Å²) in [6.45, 7) is 0. The zero-order chi connectivity index (χ0) is 7.84. The molecule has 0 saturated heterocycles. The molecular formula is C6H3ClIN3. The molecule has 0 fully saturated rings. The predicted octanol–water partition coefficient (Wildman–Crippen LogP) is 1.99. The van der Waals surface area contributed by atoms with E-state index in [1.807, 2.05) is 12.3 Å². The first-order chi connectivity index (χ1) is 5.27. The normalized spacial score (nSPS) is 10.7. The highest BCUT2D eigenvalue weighted by molar-refractivity contribution is 14.1. The number of nitrogens with zero attached hydrogens (tertiary/aromatic N) is 3. The maximum Gasteiger partial charge on any atom is 0.209 e. The van der Waals surface area contributed by atoms with Crippen LogP contribution in [0.3, 0.4) is 0 Å². The second-order valence-corrected chi connectivity index (χ2v) is 3.61. The minimum absolute atomic E-state index is 0.443. The van der Waals surface area contributed by atoms with Crippen LogP contribution in [0.4, 0.5) is 0 Å². The fourth-order valence-electron chi connectivity index (χ4n) is 0.865. The van der Waals surface area contributed by atoms with Crippen LogP contribution in [0, 0.1) is 3.57 Å². The molecule has 56 valence electrons. The summed E-state index contributed by atoms with van der Waals surface area (Å²) in [5.41, 5.74) is 0.828. The summed E-state index contributed by atoms with van der Waals surface area (Å²) in [5, 5.41) is 0.443. The SMILES string of the molecule is Clc1ncnc2cc(I)cn12. The highest BCUT2D eigenvalue weighted by Gasteiger charge is 2.00. The van der Waals surface area contributed by atoms with E-state index in [1.165, 1.54) is 6.33 Å². The van der Waals surface area contributed by atoms with E-state index in [-0.39, 0.29) is 0 Å². The van der Waals surface area contributed by atoms with Crippen molar-refractivity contribution >= 4 is 39.8 Å². The third-order valence-electron chi connectivity index (χ3n) is 1.32. The van der Waals surface area contributed by atoms with Gasteiger partial charge < -0.3 is 0 Å². The Morgan fingerprint density at radius 1 is 1.45 bits per heavy atom. The second-order valence-electron chi connectivity index (χ2n) is 2.03. The van der Waals surface area contributed by atoms with Crippen LogP contribution in [0.2, 0.25) is 5.28 Å².